The number of aliphatic hydroxyl groups excluding tert-OH is 1. The van der Waals surface area contributed by atoms with Crippen molar-refractivity contribution in [3.8, 4) is 5.75 Å². The molecule has 0 fully saturated rings. The molecule has 1 heterocycles. The molecule has 4 rings (SSSR count). The van der Waals surface area contributed by atoms with Gasteiger partial charge in [0.15, 0.2) is 0 Å². The van der Waals surface area contributed by atoms with E-state index >= 15 is 0 Å². The van der Waals surface area contributed by atoms with Gasteiger partial charge in [-0.25, -0.2) is 13.8 Å². The number of anilines is 1. The average molecular weight is 536 g/mol. The predicted octanol–water partition coefficient (Wildman–Crippen LogP) is 4.32. The van der Waals surface area contributed by atoms with Crippen LogP contribution in [0.15, 0.2) is 77.8 Å². The van der Waals surface area contributed by atoms with Gasteiger partial charge in [0, 0.05) is 36.4 Å². The Balaban J connectivity index is 1.60. The number of benzene rings is 3. The largest absolute Gasteiger partial charge is 0.491 e. The van der Waals surface area contributed by atoms with Crippen LogP contribution in [0.1, 0.15) is 31.4 Å². The number of carbonyl (C=O) groups excluding carboxylic acids is 2. The fourth-order valence-corrected chi connectivity index (χ4v) is 4.54. The second kappa shape index (κ2) is 12.2. The van der Waals surface area contributed by atoms with Crippen LogP contribution in [0, 0.1) is 23.5 Å². The van der Waals surface area contributed by atoms with Crippen molar-refractivity contribution in [2.45, 2.75) is 32.5 Å². The van der Waals surface area contributed by atoms with Gasteiger partial charge >= 0.3 is 0 Å². The van der Waals surface area contributed by atoms with Crippen LogP contribution >= 0.6 is 0 Å². The highest BCUT2D eigenvalue weighted by Crippen LogP contribution is 2.27. The van der Waals surface area contributed by atoms with Crippen molar-refractivity contribution < 1.29 is 28.2 Å². The summed E-state index contributed by atoms with van der Waals surface area (Å²) in [6, 6.07) is 19.4. The Morgan fingerprint density at radius 1 is 1.05 bits per heavy atom. The third-order valence-corrected chi connectivity index (χ3v) is 6.45. The number of amides is 2. The highest BCUT2D eigenvalue weighted by Gasteiger charge is 2.35. The summed E-state index contributed by atoms with van der Waals surface area (Å²) in [5.41, 5.74) is 2.72. The van der Waals surface area contributed by atoms with Crippen LogP contribution in [-0.4, -0.2) is 48.6 Å². The smallest absolute Gasteiger partial charge is 0.272 e. The summed E-state index contributed by atoms with van der Waals surface area (Å²) in [5.74, 6) is -3.72. The molecule has 0 aromatic heterocycles. The minimum absolute atomic E-state index is 0.0159. The lowest BCUT2D eigenvalue weighted by Crippen LogP contribution is -2.50. The van der Waals surface area contributed by atoms with E-state index in [2.05, 4.69) is 10.3 Å². The van der Waals surface area contributed by atoms with Crippen molar-refractivity contribution in [1.82, 2.24) is 5.32 Å². The van der Waals surface area contributed by atoms with Crippen LogP contribution in [0.2, 0.25) is 0 Å². The normalized spacial score (nSPS) is 16.7. The number of para-hydroxylation sites is 1. The van der Waals surface area contributed by atoms with E-state index < -0.39 is 41.6 Å². The Morgan fingerprint density at radius 2 is 1.69 bits per heavy atom. The maximum absolute atomic E-state index is 13.5. The van der Waals surface area contributed by atoms with E-state index in [1.165, 1.54) is 4.90 Å². The quantitative estimate of drug-likeness (QED) is 0.427. The van der Waals surface area contributed by atoms with Gasteiger partial charge in [0.25, 0.3) is 5.91 Å². The van der Waals surface area contributed by atoms with Gasteiger partial charge in [0.1, 0.15) is 24.0 Å². The van der Waals surface area contributed by atoms with Gasteiger partial charge < -0.3 is 20.1 Å². The first-order chi connectivity index (χ1) is 18.6. The zero-order chi connectivity index (χ0) is 28.1. The number of aliphatic hydroxyl groups is 1. The molecule has 1 unspecified atom stereocenters. The molecule has 0 radical (unpaired) electrons. The summed E-state index contributed by atoms with van der Waals surface area (Å²) >= 11 is 0. The molecular formula is C30H31F2N3O4. The standard InChI is InChI=1S/C30H31F2N3O4/c1-18(2)13-24(26(36)17-39-22-15-20(31)14-21(32)16-22)29(37)34-28-30(38)35(3)25-12-8-7-11-23(25)27(33-28)19-9-5-4-6-10-19/h4-12,14-16,18,24,26,28,36H,13,17H2,1-3H3,(H,34,37)/t24-,26-,28?/m1/s1. The lowest BCUT2D eigenvalue weighted by atomic mass is 9.91. The second-order valence-electron chi connectivity index (χ2n) is 9.89. The Hall–Kier alpha value is -4.11. The van der Waals surface area contributed by atoms with Crippen LogP contribution in [0.25, 0.3) is 0 Å². The lowest BCUT2D eigenvalue weighted by Gasteiger charge is -2.26. The summed E-state index contributed by atoms with van der Waals surface area (Å²) < 4.78 is 32.5. The number of carbonyl (C=O) groups is 2. The summed E-state index contributed by atoms with van der Waals surface area (Å²) in [6.07, 6.45) is -2.28. The molecule has 0 bridgehead atoms. The van der Waals surface area contributed by atoms with Crippen LogP contribution < -0.4 is 15.0 Å². The van der Waals surface area contributed by atoms with E-state index in [1.54, 1.807) is 7.05 Å². The number of benzodiazepines with no additional fused rings is 1. The fraction of sp³-hybridized carbons (Fsp3) is 0.300. The number of likely N-dealkylation sites (N-methyl/N-ethyl adjacent to an activating group) is 1. The number of aliphatic imine (C=N–C) groups is 1. The van der Waals surface area contributed by atoms with Crippen molar-refractivity contribution in [1.29, 1.82) is 0 Å². The molecule has 2 N–H and O–H groups in total. The Bertz CT molecular complexity index is 1340. The van der Waals surface area contributed by atoms with Crippen LogP contribution in [-0.2, 0) is 9.59 Å². The number of rotatable bonds is 9. The highest BCUT2D eigenvalue weighted by molar-refractivity contribution is 6.20. The Morgan fingerprint density at radius 3 is 2.36 bits per heavy atom. The van der Waals surface area contributed by atoms with E-state index in [1.807, 2.05) is 68.4 Å². The molecule has 1 aliphatic rings. The molecule has 0 saturated carbocycles. The molecule has 0 aliphatic carbocycles. The fourth-order valence-electron chi connectivity index (χ4n) is 4.54. The van der Waals surface area contributed by atoms with Gasteiger partial charge in [-0.1, -0.05) is 62.4 Å². The van der Waals surface area contributed by atoms with E-state index in [-0.39, 0.29) is 24.7 Å². The molecule has 1 aliphatic heterocycles. The molecule has 3 aromatic rings. The zero-order valence-electron chi connectivity index (χ0n) is 22.0. The maximum Gasteiger partial charge on any atom is 0.272 e. The molecular weight excluding hydrogens is 504 g/mol. The molecule has 0 saturated heterocycles. The van der Waals surface area contributed by atoms with E-state index in [4.69, 9.17) is 4.74 Å². The summed E-state index contributed by atoms with van der Waals surface area (Å²) in [4.78, 5) is 33.1. The van der Waals surface area contributed by atoms with E-state index in [9.17, 15) is 23.5 Å². The average Bonchev–Trinajstić information content (AvgIpc) is 3.01. The van der Waals surface area contributed by atoms with Crippen LogP contribution in [0.5, 0.6) is 5.75 Å². The van der Waals surface area contributed by atoms with E-state index in [0.29, 0.717) is 17.5 Å². The second-order valence-corrected chi connectivity index (χ2v) is 9.89. The molecule has 3 aromatic carbocycles. The van der Waals surface area contributed by atoms with Crippen molar-refractivity contribution in [2.75, 3.05) is 18.6 Å². The van der Waals surface area contributed by atoms with Crippen molar-refractivity contribution >= 4 is 23.2 Å². The molecule has 2 amide bonds. The third-order valence-electron chi connectivity index (χ3n) is 6.45. The predicted molar refractivity (Wildman–Crippen MR) is 145 cm³/mol. The SMILES string of the molecule is CC(C)C[C@@H](C(=O)NC1N=C(c2ccccc2)c2ccccc2N(C)C1=O)[C@H](O)COc1cc(F)cc(F)c1. The minimum atomic E-state index is -1.31. The molecule has 39 heavy (non-hydrogen) atoms. The molecule has 9 heteroatoms. The van der Waals surface area contributed by atoms with E-state index in [0.717, 1.165) is 23.3 Å². The van der Waals surface area contributed by atoms with Crippen LogP contribution in [0.3, 0.4) is 0 Å². The first kappa shape index (κ1) is 27.9. The molecule has 3 atom stereocenters. The topological polar surface area (TPSA) is 91.2 Å². The number of nitrogens with one attached hydrogen (secondary N) is 1. The summed E-state index contributed by atoms with van der Waals surface area (Å²) in [6.45, 7) is 3.40. The van der Waals surface area contributed by atoms with Crippen LogP contribution in [0.4, 0.5) is 14.5 Å². The molecule has 0 spiro atoms. The number of nitrogens with zero attached hydrogens (tertiary/aromatic N) is 2. The van der Waals surface area contributed by atoms with Gasteiger partial charge in [0.05, 0.1) is 23.4 Å². The summed E-state index contributed by atoms with van der Waals surface area (Å²) in [5, 5.41) is 13.6. The van der Waals surface area contributed by atoms with Crippen molar-refractivity contribution in [3.05, 3.63) is 95.6 Å². The summed E-state index contributed by atoms with van der Waals surface area (Å²) in [7, 11) is 1.62. The van der Waals surface area contributed by atoms with Crippen molar-refractivity contribution in [2.24, 2.45) is 16.8 Å². The lowest BCUT2D eigenvalue weighted by molar-refractivity contribution is -0.133. The number of hydrogen-bond acceptors (Lipinski definition) is 5. The zero-order valence-corrected chi connectivity index (χ0v) is 22.0. The Kier molecular flexibility index (Phi) is 8.71. The van der Waals surface area contributed by atoms with Gasteiger partial charge in [-0.2, -0.15) is 0 Å². The third kappa shape index (κ3) is 6.67. The van der Waals surface area contributed by atoms with Crippen molar-refractivity contribution in [3.63, 3.8) is 0 Å². The van der Waals surface area contributed by atoms with Gasteiger partial charge in [-0.05, 0) is 18.4 Å². The number of hydrogen-bond donors (Lipinski definition) is 2. The number of halogens is 2. The maximum atomic E-state index is 13.5. The monoisotopic (exact) mass is 535 g/mol. The number of ether oxygens (including phenoxy) is 1. The Labute approximate surface area is 226 Å². The van der Waals surface area contributed by atoms with Gasteiger partial charge in [-0.15, -0.1) is 0 Å². The first-order valence-corrected chi connectivity index (χ1v) is 12.7. The molecule has 7 nitrogen and oxygen atoms in total. The van der Waals surface area contributed by atoms with Gasteiger partial charge in [-0.3, -0.25) is 9.59 Å². The number of fused-ring (bicyclic) bond motifs is 1. The van der Waals surface area contributed by atoms with Gasteiger partial charge in [0.2, 0.25) is 12.1 Å². The molecule has 204 valence electrons. The first-order valence-electron chi connectivity index (χ1n) is 12.7. The highest BCUT2D eigenvalue weighted by atomic mass is 19.1. The minimum Gasteiger partial charge on any atom is -0.491 e.